The molecule has 3 nitrogen and oxygen atoms in total. The summed E-state index contributed by atoms with van der Waals surface area (Å²) >= 11 is 0. The Hall–Kier alpha value is -0.570. The monoisotopic (exact) mass is 241 g/mol. The molecule has 0 radical (unpaired) electrons. The maximum absolute atomic E-state index is 10.7. The standard InChI is InChI=1S/C14H27NO2/c1-3-4-10-15(11-9-14(16)17)13-8-6-5-7-12(13)2/h12-13H,3-11H2,1-2H3,(H,16,17). The van der Waals surface area contributed by atoms with Gasteiger partial charge in [0.05, 0.1) is 6.42 Å². The number of nitrogens with zero attached hydrogens (tertiary/aromatic N) is 1. The Kier molecular flexibility index (Phi) is 6.56. The molecule has 0 spiro atoms. The second-order valence-electron chi connectivity index (χ2n) is 5.36. The lowest BCUT2D eigenvalue weighted by Gasteiger charge is -2.38. The summed E-state index contributed by atoms with van der Waals surface area (Å²) in [5.41, 5.74) is 0. The molecule has 100 valence electrons. The van der Waals surface area contributed by atoms with Crippen LogP contribution in [0.5, 0.6) is 0 Å². The minimum absolute atomic E-state index is 0.285. The normalized spacial score (nSPS) is 25.1. The Bertz CT molecular complexity index is 230. The Morgan fingerprint density at radius 3 is 2.59 bits per heavy atom. The third kappa shape index (κ3) is 5.07. The van der Waals surface area contributed by atoms with Crippen LogP contribution in [0.25, 0.3) is 0 Å². The summed E-state index contributed by atoms with van der Waals surface area (Å²) in [6.07, 6.45) is 7.87. The number of unbranched alkanes of at least 4 members (excludes halogenated alkanes) is 1. The van der Waals surface area contributed by atoms with Crippen molar-refractivity contribution in [3.8, 4) is 0 Å². The lowest BCUT2D eigenvalue weighted by molar-refractivity contribution is -0.137. The van der Waals surface area contributed by atoms with Gasteiger partial charge >= 0.3 is 5.97 Å². The number of carbonyl (C=O) groups is 1. The van der Waals surface area contributed by atoms with Gasteiger partial charge in [0.1, 0.15) is 0 Å². The quantitative estimate of drug-likeness (QED) is 0.744. The molecule has 0 bridgehead atoms. The van der Waals surface area contributed by atoms with Crippen LogP contribution < -0.4 is 0 Å². The Labute approximate surface area is 105 Å². The van der Waals surface area contributed by atoms with Gasteiger partial charge in [-0.05, 0) is 31.7 Å². The summed E-state index contributed by atoms with van der Waals surface area (Å²) in [7, 11) is 0. The van der Waals surface area contributed by atoms with E-state index < -0.39 is 5.97 Å². The van der Waals surface area contributed by atoms with Gasteiger partial charge in [-0.3, -0.25) is 9.69 Å². The van der Waals surface area contributed by atoms with Crippen LogP contribution in [0, 0.1) is 5.92 Å². The van der Waals surface area contributed by atoms with E-state index in [9.17, 15) is 4.79 Å². The highest BCUT2D eigenvalue weighted by Gasteiger charge is 2.26. The molecule has 0 aromatic heterocycles. The molecular formula is C14H27NO2. The van der Waals surface area contributed by atoms with E-state index in [4.69, 9.17) is 5.11 Å². The number of carboxylic acid groups (broad SMARTS) is 1. The number of rotatable bonds is 7. The van der Waals surface area contributed by atoms with Gasteiger partial charge in [-0.1, -0.05) is 33.1 Å². The molecule has 3 heteroatoms. The van der Waals surface area contributed by atoms with Crippen LogP contribution >= 0.6 is 0 Å². The first-order valence-corrected chi connectivity index (χ1v) is 7.11. The molecule has 1 N–H and O–H groups in total. The van der Waals surface area contributed by atoms with Gasteiger partial charge in [0, 0.05) is 12.6 Å². The smallest absolute Gasteiger partial charge is 0.304 e. The zero-order valence-electron chi connectivity index (χ0n) is 11.3. The summed E-state index contributed by atoms with van der Waals surface area (Å²) in [6.45, 7) is 6.31. The van der Waals surface area contributed by atoms with Gasteiger partial charge in [-0.25, -0.2) is 0 Å². The summed E-state index contributed by atoms with van der Waals surface area (Å²) in [5.74, 6) is 0.0596. The fourth-order valence-corrected chi connectivity index (χ4v) is 2.88. The maximum atomic E-state index is 10.7. The van der Waals surface area contributed by atoms with Crippen LogP contribution in [0.4, 0.5) is 0 Å². The predicted octanol–water partition coefficient (Wildman–Crippen LogP) is 3.14. The summed E-state index contributed by atoms with van der Waals surface area (Å²) in [4.78, 5) is 13.1. The average molecular weight is 241 g/mol. The third-order valence-electron chi connectivity index (χ3n) is 3.95. The van der Waals surface area contributed by atoms with Crippen molar-refractivity contribution < 1.29 is 9.90 Å². The summed E-state index contributed by atoms with van der Waals surface area (Å²) < 4.78 is 0. The fraction of sp³-hybridized carbons (Fsp3) is 0.929. The van der Waals surface area contributed by atoms with Crippen molar-refractivity contribution in [2.45, 2.75) is 64.8 Å². The van der Waals surface area contributed by atoms with Crippen molar-refractivity contribution in [3.63, 3.8) is 0 Å². The van der Waals surface area contributed by atoms with E-state index in [1.165, 1.54) is 38.5 Å². The summed E-state index contributed by atoms with van der Waals surface area (Å²) in [6, 6.07) is 0.620. The molecular weight excluding hydrogens is 214 g/mol. The zero-order valence-corrected chi connectivity index (χ0v) is 11.3. The topological polar surface area (TPSA) is 40.5 Å². The Morgan fingerprint density at radius 1 is 1.29 bits per heavy atom. The molecule has 0 amide bonds. The highest BCUT2D eigenvalue weighted by Crippen LogP contribution is 2.28. The Balaban J connectivity index is 2.49. The zero-order chi connectivity index (χ0) is 12.7. The number of hydrogen-bond donors (Lipinski definition) is 1. The van der Waals surface area contributed by atoms with E-state index in [-0.39, 0.29) is 6.42 Å². The molecule has 0 aromatic carbocycles. The van der Waals surface area contributed by atoms with E-state index in [0.717, 1.165) is 19.0 Å². The van der Waals surface area contributed by atoms with Crippen LogP contribution in [-0.4, -0.2) is 35.1 Å². The average Bonchev–Trinajstić information content (AvgIpc) is 2.30. The van der Waals surface area contributed by atoms with E-state index in [1.54, 1.807) is 0 Å². The predicted molar refractivity (Wildman–Crippen MR) is 70.2 cm³/mol. The van der Waals surface area contributed by atoms with Crippen LogP contribution in [-0.2, 0) is 4.79 Å². The molecule has 1 aliphatic rings. The van der Waals surface area contributed by atoms with Crippen LogP contribution in [0.2, 0.25) is 0 Å². The molecule has 1 saturated carbocycles. The van der Waals surface area contributed by atoms with Gasteiger partial charge < -0.3 is 5.11 Å². The molecule has 2 atom stereocenters. The Morgan fingerprint density at radius 2 is 2.00 bits per heavy atom. The van der Waals surface area contributed by atoms with E-state index in [2.05, 4.69) is 18.7 Å². The first kappa shape index (κ1) is 14.5. The molecule has 17 heavy (non-hydrogen) atoms. The second-order valence-corrected chi connectivity index (χ2v) is 5.36. The molecule has 1 rings (SSSR count). The first-order valence-electron chi connectivity index (χ1n) is 7.11. The minimum atomic E-state index is -0.671. The molecule has 0 saturated heterocycles. The highest BCUT2D eigenvalue weighted by atomic mass is 16.4. The van der Waals surface area contributed by atoms with E-state index >= 15 is 0 Å². The number of aliphatic carboxylic acids is 1. The lowest BCUT2D eigenvalue weighted by Crippen LogP contribution is -2.43. The maximum Gasteiger partial charge on any atom is 0.304 e. The third-order valence-corrected chi connectivity index (χ3v) is 3.95. The van der Waals surface area contributed by atoms with Gasteiger partial charge in [-0.15, -0.1) is 0 Å². The van der Waals surface area contributed by atoms with Crippen molar-refractivity contribution in [1.29, 1.82) is 0 Å². The molecule has 0 aliphatic heterocycles. The number of carboxylic acids is 1. The lowest BCUT2D eigenvalue weighted by atomic mass is 9.84. The molecule has 1 fully saturated rings. The van der Waals surface area contributed by atoms with Gasteiger partial charge in [0.25, 0.3) is 0 Å². The molecule has 0 heterocycles. The van der Waals surface area contributed by atoms with Crippen molar-refractivity contribution >= 4 is 5.97 Å². The van der Waals surface area contributed by atoms with E-state index in [0.29, 0.717) is 6.04 Å². The van der Waals surface area contributed by atoms with Gasteiger partial charge in [0.2, 0.25) is 0 Å². The van der Waals surface area contributed by atoms with E-state index in [1.807, 2.05) is 0 Å². The fourth-order valence-electron chi connectivity index (χ4n) is 2.88. The SMILES string of the molecule is CCCCN(CCC(=O)O)C1CCCCC1C. The first-order chi connectivity index (χ1) is 8.15. The largest absolute Gasteiger partial charge is 0.481 e. The molecule has 2 unspecified atom stereocenters. The second kappa shape index (κ2) is 7.70. The molecule has 0 aromatic rings. The van der Waals surface area contributed by atoms with Crippen molar-refractivity contribution in [1.82, 2.24) is 4.90 Å². The highest BCUT2D eigenvalue weighted by molar-refractivity contribution is 5.66. The van der Waals surface area contributed by atoms with Crippen molar-refractivity contribution in [3.05, 3.63) is 0 Å². The van der Waals surface area contributed by atoms with Crippen LogP contribution in [0.15, 0.2) is 0 Å². The minimum Gasteiger partial charge on any atom is -0.481 e. The van der Waals surface area contributed by atoms with Crippen molar-refractivity contribution in [2.75, 3.05) is 13.1 Å². The van der Waals surface area contributed by atoms with Crippen LogP contribution in [0.3, 0.4) is 0 Å². The molecule has 1 aliphatic carbocycles. The van der Waals surface area contributed by atoms with Crippen LogP contribution in [0.1, 0.15) is 58.8 Å². The number of hydrogen-bond acceptors (Lipinski definition) is 2. The summed E-state index contributed by atoms with van der Waals surface area (Å²) in [5, 5.41) is 8.83. The van der Waals surface area contributed by atoms with Gasteiger partial charge in [-0.2, -0.15) is 0 Å². The van der Waals surface area contributed by atoms with Crippen molar-refractivity contribution in [2.24, 2.45) is 5.92 Å². The van der Waals surface area contributed by atoms with Gasteiger partial charge in [0.15, 0.2) is 0 Å².